The Labute approximate surface area is 115 Å². The number of hydrogen-bond donors (Lipinski definition) is 3. The van der Waals surface area contributed by atoms with Gasteiger partial charge in [0.15, 0.2) is 11.5 Å². The summed E-state index contributed by atoms with van der Waals surface area (Å²) in [4.78, 5) is 29.9. The molecule has 0 aliphatic carbocycles. The average Bonchev–Trinajstić information content (AvgIpc) is 2.78. The third kappa shape index (κ3) is 3.31. The molecular formula is C10H16N5O4P. The summed E-state index contributed by atoms with van der Waals surface area (Å²) < 4.78 is 17.9. The maximum Gasteiger partial charge on any atom is 0.330 e. The molecule has 0 aliphatic rings. The van der Waals surface area contributed by atoms with Crippen LogP contribution >= 0.6 is 7.60 Å². The van der Waals surface area contributed by atoms with Crippen molar-refractivity contribution >= 4 is 24.6 Å². The summed E-state index contributed by atoms with van der Waals surface area (Å²) in [6.07, 6.45) is 2.93. The Kier molecular flexibility index (Phi) is 4.34. The fourth-order valence-electron chi connectivity index (χ4n) is 1.58. The first-order chi connectivity index (χ1) is 9.39. The number of nitrogens with two attached hydrogens (primary N) is 1. The van der Waals surface area contributed by atoms with Crippen LogP contribution < -0.4 is 5.73 Å². The summed E-state index contributed by atoms with van der Waals surface area (Å²) in [5.74, 6) is 0.310. The number of nitrogen functional groups attached to an aromatic ring is 1. The van der Waals surface area contributed by atoms with Crippen LogP contribution in [0.5, 0.6) is 0 Å². The van der Waals surface area contributed by atoms with Gasteiger partial charge in [0.05, 0.1) is 25.2 Å². The van der Waals surface area contributed by atoms with Crippen molar-refractivity contribution in [3.8, 4) is 0 Å². The van der Waals surface area contributed by atoms with Crippen LogP contribution in [0.1, 0.15) is 6.92 Å². The molecule has 10 heteroatoms. The number of anilines is 1. The highest BCUT2D eigenvalue weighted by Crippen LogP contribution is 2.40. The quantitative estimate of drug-likeness (QED) is 0.500. The van der Waals surface area contributed by atoms with Gasteiger partial charge in [-0.2, -0.15) is 0 Å². The van der Waals surface area contributed by atoms with Crippen molar-refractivity contribution in [2.24, 2.45) is 0 Å². The van der Waals surface area contributed by atoms with E-state index in [4.69, 9.17) is 20.3 Å². The van der Waals surface area contributed by atoms with E-state index in [9.17, 15) is 4.57 Å². The van der Waals surface area contributed by atoms with E-state index in [0.717, 1.165) is 0 Å². The second-order valence-electron chi connectivity index (χ2n) is 4.38. The Morgan fingerprint density at radius 3 is 2.90 bits per heavy atom. The molecule has 0 saturated carbocycles. The van der Waals surface area contributed by atoms with Crippen LogP contribution in [0, 0.1) is 0 Å². The molecule has 0 spiro atoms. The normalized spacial score (nSPS) is 13.8. The van der Waals surface area contributed by atoms with Crippen LogP contribution in [-0.4, -0.2) is 48.2 Å². The number of ether oxygens (including phenoxy) is 1. The third-order valence-electron chi connectivity index (χ3n) is 2.84. The molecule has 4 N–H and O–H groups in total. The molecule has 0 bridgehead atoms. The highest BCUT2D eigenvalue weighted by molar-refractivity contribution is 7.52. The van der Waals surface area contributed by atoms with Crippen molar-refractivity contribution in [1.29, 1.82) is 0 Å². The SMILES string of the molecule is CC(COCCn1cnc2c(N)ncnc21)P(=O)(O)O. The molecule has 0 radical (unpaired) electrons. The van der Waals surface area contributed by atoms with Crippen molar-refractivity contribution < 1.29 is 19.1 Å². The van der Waals surface area contributed by atoms with Gasteiger partial charge >= 0.3 is 7.60 Å². The number of imidazole rings is 1. The largest absolute Gasteiger partial charge is 0.382 e. The first-order valence-electron chi connectivity index (χ1n) is 5.94. The van der Waals surface area contributed by atoms with E-state index in [1.165, 1.54) is 13.3 Å². The van der Waals surface area contributed by atoms with E-state index < -0.39 is 13.3 Å². The summed E-state index contributed by atoms with van der Waals surface area (Å²) in [6.45, 7) is 2.19. The van der Waals surface area contributed by atoms with Gasteiger partial charge in [-0.05, 0) is 6.92 Å². The Hall–Kier alpha value is -1.54. The van der Waals surface area contributed by atoms with Gasteiger partial charge in [0.25, 0.3) is 0 Å². The molecule has 0 saturated heterocycles. The predicted molar refractivity (Wildman–Crippen MR) is 72.1 cm³/mol. The molecule has 110 valence electrons. The van der Waals surface area contributed by atoms with Crippen LogP contribution in [0.2, 0.25) is 0 Å². The molecule has 2 aromatic rings. The lowest BCUT2D eigenvalue weighted by Crippen LogP contribution is -2.15. The van der Waals surface area contributed by atoms with Crippen molar-refractivity contribution in [1.82, 2.24) is 19.5 Å². The van der Waals surface area contributed by atoms with E-state index in [-0.39, 0.29) is 6.61 Å². The number of nitrogens with zero attached hydrogens (tertiary/aromatic N) is 4. The molecule has 0 aliphatic heterocycles. The highest BCUT2D eigenvalue weighted by Gasteiger charge is 2.23. The van der Waals surface area contributed by atoms with Crippen LogP contribution in [-0.2, 0) is 15.8 Å². The minimum Gasteiger partial charge on any atom is -0.382 e. The minimum atomic E-state index is -4.08. The lowest BCUT2D eigenvalue weighted by atomic mass is 10.5. The van der Waals surface area contributed by atoms with E-state index in [1.54, 1.807) is 10.9 Å². The fraction of sp³-hybridized carbons (Fsp3) is 0.500. The maximum absolute atomic E-state index is 10.9. The molecule has 2 heterocycles. The zero-order chi connectivity index (χ0) is 14.8. The smallest absolute Gasteiger partial charge is 0.330 e. The number of aromatic nitrogens is 4. The van der Waals surface area contributed by atoms with Crippen molar-refractivity contribution in [2.75, 3.05) is 18.9 Å². The van der Waals surface area contributed by atoms with Gasteiger partial charge in [-0.3, -0.25) is 4.57 Å². The summed E-state index contributed by atoms with van der Waals surface area (Å²) >= 11 is 0. The number of fused-ring (bicyclic) bond motifs is 1. The molecule has 1 unspecified atom stereocenters. The van der Waals surface area contributed by atoms with Crippen LogP contribution in [0.3, 0.4) is 0 Å². The summed E-state index contributed by atoms with van der Waals surface area (Å²) in [7, 11) is -4.08. The van der Waals surface area contributed by atoms with Crippen molar-refractivity contribution in [2.45, 2.75) is 19.1 Å². The fourth-order valence-corrected chi connectivity index (χ4v) is 1.88. The van der Waals surface area contributed by atoms with Crippen molar-refractivity contribution in [3.05, 3.63) is 12.7 Å². The van der Waals surface area contributed by atoms with Gasteiger partial charge in [-0.15, -0.1) is 0 Å². The first kappa shape index (κ1) is 14.9. The molecule has 20 heavy (non-hydrogen) atoms. The Morgan fingerprint density at radius 2 is 2.20 bits per heavy atom. The van der Waals surface area contributed by atoms with E-state index in [1.807, 2.05) is 0 Å². The second-order valence-corrected chi connectivity index (χ2v) is 6.44. The Balaban J connectivity index is 1.91. The predicted octanol–water partition coefficient (Wildman–Crippen LogP) is -0.00870. The summed E-state index contributed by atoms with van der Waals surface area (Å²) in [5, 5.41) is 0. The Bertz CT molecular complexity index is 640. The van der Waals surface area contributed by atoms with Gasteiger partial charge in [0.1, 0.15) is 11.8 Å². The van der Waals surface area contributed by atoms with Crippen LogP contribution in [0.4, 0.5) is 5.82 Å². The maximum atomic E-state index is 10.9. The third-order valence-corrected chi connectivity index (χ3v) is 4.14. The molecule has 2 rings (SSSR count). The topological polar surface area (TPSA) is 136 Å². The minimum absolute atomic E-state index is 0.00592. The Morgan fingerprint density at radius 1 is 1.45 bits per heavy atom. The molecule has 0 aromatic carbocycles. The zero-order valence-electron chi connectivity index (χ0n) is 10.9. The van der Waals surface area contributed by atoms with Crippen LogP contribution in [0.15, 0.2) is 12.7 Å². The van der Waals surface area contributed by atoms with Gasteiger partial charge in [-0.25, -0.2) is 15.0 Å². The van der Waals surface area contributed by atoms with E-state index in [2.05, 4.69) is 15.0 Å². The zero-order valence-corrected chi connectivity index (χ0v) is 11.8. The highest BCUT2D eigenvalue weighted by atomic mass is 31.2. The molecule has 1 atom stereocenters. The van der Waals surface area contributed by atoms with E-state index >= 15 is 0 Å². The lowest BCUT2D eigenvalue weighted by Gasteiger charge is -2.13. The first-order valence-corrected chi connectivity index (χ1v) is 7.62. The van der Waals surface area contributed by atoms with Gasteiger partial charge in [0.2, 0.25) is 0 Å². The van der Waals surface area contributed by atoms with Gasteiger partial charge in [-0.1, -0.05) is 0 Å². The second kappa shape index (κ2) is 5.84. The number of hydrogen-bond acceptors (Lipinski definition) is 6. The molecule has 0 amide bonds. The average molecular weight is 301 g/mol. The monoisotopic (exact) mass is 301 g/mol. The standard InChI is InChI=1S/C10H16N5O4P/c1-7(20(16,17)18)4-19-3-2-15-6-14-8-9(11)12-5-13-10(8)15/h5-7H,2-4H2,1H3,(H2,11,12,13)(H2,16,17,18). The summed E-state index contributed by atoms with van der Waals surface area (Å²) in [6, 6.07) is 0. The molecule has 2 aromatic heterocycles. The summed E-state index contributed by atoms with van der Waals surface area (Å²) in [5.41, 5.74) is 5.97. The number of rotatable bonds is 6. The van der Waals surface area contributed by atoms with Crippen LogP contribution in [0.25, 0.3) is 11.2 Å². The molecular weight excluding hydrogens is 285 g/mol. The van der Waals surface area contributed by atoms with Gasteiger partial charge < -0.3 is 24.8 Å². The van der Waals surface area contributed by atoms with Gasteiger partial charge in [0, 0.05) is 6.54 Å². The molecule has 9 nitrogen and oxygen atoms in total. The molecule has 0 fully saturated rings. The van der Waals surface area contributed by atoms with Crippen molar-refractivity contribution in [3.63, 3.8) is 0 Å². The lowest BCUT2D eigenvalue weighted by molar-refractivity contribution is 0.124. The van der Waals surface area contributed by atoms with E-state index in [0.29, 0.717) is 30.1 Å².